The highest BCUT2D eigenvalue weighted by atomic mass is 32.2. The van der Waals surface area contributed by atoms with Crippen molar-refractivity contribution in [2.45, 2.75) is 19.1 Å². The molecular weight excluding hydrogens is 310 g/mol. The molecule has 0 saturated heterocycles. The molecule has 6 heteroatoms. The lowest BCUT2D eigenvalue weighted by Gasteiger charge is -2.04. The number of ketones is 1. The third-order valence-corrected chi connectivity index (χ3v) is 4.13. The van der Waals surface area contributed by atoms with Crippen LogP contribution < -0.4 is 0 Å². The molecule has 0 radical (unpaired) electrons. The topological polar surface area (TPSA) is 68.9 Å². The van der Waals surface area contributed by atoms with Crippen LogP contribution in [0, 0.1) is 13.8 Å². The molecule has 3 aromatic rings. The molecule has 0 aliphatic carbocycles. The predicted octanol–water partition coefficient (Wildman–Crippen LogP) is 3.72. The van der Waals surface area contributed by atoms with E-state index < -0.39 is 0 Å². The highest BCUT2D eigenvalue weighted by Gasteiger charge is 2.14. The van der Waals surface area contributed by atoms with Gasteiger partial charge in [-0.05, 0) is 37.6 Å². The van der Waals surface area contributed by atoms with Crippen LogP contribution in [-0.2, 0) is 0 Å². The Hall–Kier alpha value is -2.47. The summed E-state index contributed by atoms with van der Waals surface area (Å²) in [6, 6.07) is 11.3. The van der Waals surface area contributed by atoms with Crippen LogP contribution in [0.25, 0.3) is 11.6 Å². The molecule has 0 aliphatic rings. The first-order chi connectivity index (χ1) is 11.1. The van der Waals surface area contributed by atoms with E-state index in [4.69, 9.17) is 4.42 Å². The van der Waals surface area contributed by atoms with Gasteiger partial charge in [0.2, 0.25) is 0 Å². The molecule has 0 unspecified atom stereocenters. The third kappa shape index (κ3) is 3.65. The number of rotatable bonds is 5. The van der Waals surface area contributed by atoms with E-state index in [-0.39, 0.29) is 11.5 Å². The summed E-state index contributed by atoms with van der Waals surface area (Å²) in [5.74, 6) is 0.662. The molecule has 0 bridgehead atoms. The van der Waals surface area contributed by atoms with Crippen LogP contribution in [-0.4, -0.2) is 26.7 Å². The number of aryl methyl sites for hydroxylation is 2. The zero-order valence-corrected chi connectivity index (χ0v) is 13.6. The molecular formula is C17H15N3O2S. The van der Waals surface area contributed by atoms with Crippen LogP contribution in [0.5, 0.6) is 0 Å². The van der Waals surface area contributed by atoms with Crippen molar-refractivity contribution in [3.8, 4) is 11.6 Å². The number of pyridine rings is 1. The molecule has 3 rings (SSSR count). The Morgan fingerprint density at radius 2 is 2.04 bits per heavy atom. The Bertz CT molecular complexity index is 831. The van der Waals surface area contributed by atoms with Crippen molar-refractivity contribution in [3.05, 3.63) is 59.3 Å². The van der Waals surface area contributed by atoms with Crippen molar-refractivity contribution in [2.75, 3.05) is 5.75 Å². The number of aromatic nitrogens is 3. The summed E-state index contributed by atoms with van der Waals surface area (Å²) < 4.78 is 5.54. The Morgan fingerprint density at radius 1 is 1.17 bits per heavy atom. The smallest absolute Gasteiger partial charge is 0.277 e. The highest BCUT2D eigenvalue weighted by Crippen LogP contribution is 2.23. The third-order valence-electron chi connectivity index (χ3n) is 3.31. The first-order valence-corrected chi connectivity index (χ1v) is 8.10. The first-order valence-electron chi connectivity index (χ1n) is 7.11. The summed E-state index contributed by atoms with van der Waals surface area (Å²) >= 11 is 1.24. The zero-order valence-electron chi connectivity index (χ0n) is 12.8. The van der Waals surface area contributed by atoms with Crippen LogP contribution in [0.4, 0.5) is 0 Å². The molecule has 0 atom stereocenters. The maximum Gasteiger partial charge on any atom is 0.277 e. The number of carbonyl (C=O) groups excluding carboxylic acids is 1. The molecule has 5 nitrogen and oxygen atoms in total. The summed E-state index contributed by atoms with van der Waals surface area (Å²) in [5, 5.41) is 8.27. The second kappa shape index (κ2) is 6.75. The van der Waals surface area contributed by atoms with Gasteiger partial charge in [-0.15, -0.1) is 10.2 Å². The lowest BCUT2D eigenvalue weighted by Crippen LogP contribution is -2.05. The number of benzene rings is 1. The molecule has 0 spiro atoms. The molecule has 2 aromatic heterocycles. The molecule has 0 aliphatic heterocycles. The van der Waals surface area contributed by atoms with E-state index >= 15 is 0 Å². The van der Waals surface area contributed by atoms with Crippen molar-refractivity contribution in [2.24, 2.45) is 0 Å². The van der Waals surface area contributed by atoms with Crippen molar-refractivity contribution < 1.29 is 9.21 Å². The van der Waals surface area contributed by atoms with Gasteiger partial charge < -0.3 is 4.42 Å². The first kappa shape index (κ1) is 15.4. The second-order valence-electron chi connectivity index (χ2n) is 5.12. The normalized spacial score (nSPS) is 10.7. The monoisotopic (exact) mass is 325 g/mol. The molecule has 116 valence electrons. The molecule has 23 heavy (non-hydrogen) atoms. The van der Waals surface area contributed by atoms with Gasteiger partial charge in [-0.3, -0.25) is 9.78 Å². The van der Waals surface area contributed by atoms with Crippen molar-refractivity contribution in [1.29, 1.82) is 0 Å². The van der Waals surface area contributed by atoms with Crippen LogP contribution in [0.2, 0.25) is 0 Å². The standard InChI is InChI=1S/C17H15N3O2S/c1-11-6-7-12(2)13(9-11)15(21)10-23-17-20-19-16(22-17)14-5-3-4-8-18-14/h3-9H,10H2,1-2H3. The van der Waals surface area contributed by atoms with Gasteiger partial charge in [-0.2, -0.15) is 0 Å². The molecule has 0 saturated carbocycles. The lowest BCUT2D eigenvalue weighted by molar-refractivity contribution is 0.102. The van der Waals surface area contributed by atoms with Gasteiger partial charge in [0.25, 0.3) is 11.1 Å². The Kier molecular flexibility index (Phi) is 4.52. The van der Waals surface area contributed by atoms with Gasteiger partial charge in [-0.1, -0.05) is 35.5 Å². The number of thioether (sulfide) groups is 1. The summed E-state index contributed by atoms with van der Waals surface area (Å²) in [7, 11) is 0. The highest BCUT2D eigenvalue weighted by molar-refractivity contribution is 7.99. The Labute approximate surface area is 138 Å². The maximum absolute atomic E-state index is 12.3. The Morgan fingerprint density at radius 3 is 2.83 bits per heavy atom. The number of hydrogen-bond acceptors (Lipinski definition) is 6. The van der Waals surface area contributed by atoms with Crippen LogP contribution >= 0.6 is 11.8 Å². The minimum absolute atomic E-state index is 0.0498. The minimum atomic E-state index is 0.0498. The van der Waals surface area contributed by atoms with E-state index in [0.717, 1.165) is 16.7 Å². The number of hydrogen-bond donors (Lipinski definition) is 0. The summed E-state index contributed by atoms with van der Waals surface area (Å²) in [6.45, 7) is 3.91. The maximum atomic E-state index is 12.3. The van der Waals surface area contributed by atoms with Crippen LogP contribution in [0.15, 0.2) is 52.2 Å². The van der Waals surface area contributed by atoms with Gasteiger partial charge in [-0.25, -0.2) is 0 Å². The molecule has 1 aromatic carbocycles. The average molecular weight is 325 g/mol. The predicted molar refractivity (Wildman–Crippen MR) is 88.5 cm³/mol. The largest absolute Gasteiger partial charge is 0.410 e. The van der Waals surface area contributed by atoms with Crippen molar-refractivity contribution in [3.63, 3.8) is 0 Å². The van der Waals surface area contributed by atoms with Crippen molar-refractivity contribution in [1.82, 2.24) is 15.2 Å². The molecule has 0 N–H and O–H groups in total. The fourth-order valence-electron chi connectivity index (χ4n) is 2.10. The van der Waals surface area contributed by atoms with E-state index in [0.29, 0.717) is 16.8 Å². The number of Topliss-reactive ketones (excluding diaryl/α,β-unsaturated/α-hetero) is 1. The minimum Gasteiger partial charge on any atom is -0.410 e. The summed E-state index contributed by atoms with van der Waals surface area (Å²) in [5.41, 5.74) is 3.40. The molecule has 0 fully saturated rings. The van der Waals surface area contributed by atoms with E-state index in [1.54, 1.807) is 12.3 Å². The number of carbonyl (C=O) groups is 1. The quantitative estimate of drug-likeness (QED) is 0.526. The summed E-state index contributed by atoms with van der Waals surface area (Å²) in [6.07, 6.45) is 1.66. The lowest BCUT2D eigenvalue weighted by atomic mass is 10.0. The van der Waals surface area contributed by atoms with Crippen LogP contribution in [0.1, 0.15) is 21.5 Å². The van der Waals surface area contributed by atoms with Gasteiger partial charge in [0.15, 0.2) is 5.78 Å². The summed E-state index contributed by atoms with van der Waals surface area (Å²) in [4.78, 5) is 16.5. The Balaban J connectivity index is 1.68. The van der Waals surface area contributed by atoms with E-state index in [1.807, 2.05) is 44.2 Å². The molecule has 0 amide bonds. The van der Waals surface area contributed by atoms with Crippen LogP contribution in [0.3, 0.4) is 0 Å². The van der Waals surface area contributed by atoms with E-state index in [2.05, 4.69) is 15.2 Å². The molecule has 2 heterocycles. The zero-order chi connectivity index (χ0) is 16.2. The van der Waals surface area contributed by atoms with Gasteiger partial charge in [0, 0.05) is 11.8 Å². The fraction of sp³-hybridized carbons (Fsp3) is 0.176. The second-order valence-corrected chi connectivity index (χ2v) is 6.04. The average Bonchev–Trinajstić information content (AvgIpc) is 3.05. The van der Waals surface area contributed by atoms with E-state index in [1.165, 1.54) is 11.8 Å². The van der Waals surface area contributed by atoms with Gasteiger partial charge in [0.1, 0.15) is 5.69 Å². The van der Waals surface area contributed by atoms with Gasteiger partial charge in [0.05, 0.1) is 5.75 Å². The van der Waals surface area contributed by atoms with E-state index in [9.17, 15) is 4.79 Å². The number of nitrogens with zero attached hydrogens (tertiary/aromatic N) is 3. The SMILES string of the molecule is Cc1ccc(C)c(C(=O)CSc2nnc(-c3ccccn3)o2)c1. The van der Waals surface area contributed by atoms with Gasteiger partial charge >= 0.3 is 0 Å². The fourth-order valence-corrected chi connectivity index (χ4v) is 2.75. The van der Waals surface area contributed by atoms with Crippen molar-refractivity contribution >= 4 is 17.5 Å².